The molecule has 0 atom stereocenters. The second kappa shape index (κ2) is 16.0. The fourth-order valence-corrected chi connectivity index (χ4v) is 2.87. The molecule has 1 aromatic carbocycles. The minimum atomic E-state index is -2.18. The van der Waals surface area contributed by atoms with Gasteiger partial charge in [-0.05, 0) is 44.9 Å². The van der Waals surface area contributed by atoms with Crippen LogP contribution in [0, 0.1) is 0 Å². The summed E-state index contributed by atoms with van der Waals surface area (Å²) in [7, 11) is -0.505. The van der Waals surface area contributed by atoms with Gasteiger partial charge >= 0.3 is 8.25 Å². The first-order valence-electron chi connectivity index (χ1n) is 9.51. The molecule has 0 spiro atoms. The van der Waals surface area contributed by atoms with Crippen molar-refractivity contribution >= 4 is 19.6 Å². The Morgan fingerprint density at radius 3 is 1.96 bits per heavy atom. The molecule has 0 bridgehead atoms. The van der Waals surface area contributed by atoms with Crippen LogP contribution in [0.1, 0.15) is 53.4 Å². The van der Waals surface area contributed by atoms with E-state index >= 15 is 0 Å². The average molecular weight is 388 g/mol. The van der Waals surface area contributed by atoms with Crippen molar-refractivity contribution in [1.82, 2.24) is 0 Å². The molecule has 0 radical (unpaired) electrons. The summed E-state index contributed by atoms with van der Waals surface area (Å²) in [6.07, 6.45) is 4.02. The summed E-state index contributed by atoms with van der Waals surface area (Å²) in [5.74, 6) is 0.878. The molecule has 1 aromatic rings. The molecular weight excluding hydrogens is 351 g/mol. The molecule has 26 heavy (non-hydrogen) atoms. The van der Waals surface area contributed by atoms with Gasteiger partial charge in [0.1, 0.15) is 5.75 Å². The van der Waals surface area contributed by atoms with Gasteiger partial charge in [0.05, 0.1) is 26.0 Å². The number of ether oxygens (including phenoxy) is 1. The van der Waals surface area contributed by atoms with Gasteiger partial charge in [-0.3, -0.25) is 4.57 Å². The molecule has 152 valence electrons. The number of benzene rings is 1. The summed E-state index contributed by atoms with van der Waals surface area (Å²) in [4.78, 5) is 2.22. The first kappa shape index (κ1) is 24.8. The fraction of sp³-hybridized carbons (Fsp3) is 0.684. The van der Waals surface area contributed by atoms with Crippen molar-refractivity contribution in [2.24, 2.45) is 0 Å². The summed E-state index contributed by atoms with van der Waals surface area (Å²) in [6, 6.07) is 5.71. The van der Waals surface area contributed by atoms with Crippen molar-refractivity contribution < 1.29 is 18.3 Å². The van der Waals surface area contributed by atoms with Gasteiger partial charge in [0.15, 0.2) is 0 Å². The predicted octanol–water partition coefficient (Wildman–Crippen LogP) is 5.13. The van der Waals surface area contributed by atoms with E-state index in [0.717, 1.165) is 55.9 Å². The maximum absolute atomic E-state index is 10.9. The van der Waals surface area contributed by atoms with Crippen LogP contribution >= 0.6 is 8.25 Å². The van der Waals surface area contributed by atoms with Crippen LogP contribution in [0.25, 0.3) is 0 Å². The van der Waals surface area contributed by atoms with Crippen molar-refractivity contribution in [1.29, 1.82) is 0 Å². The van der Waals surface area contributed by atoms with E-state index in [1.165, 1.54) is 0 Å². The Morgan fingerprint density at radius 1 is 1.00 bits per heavy atom. The summed E-state index contributed by atoms with van der Waals surface area (Å²) < 4.78 is 26.1. The highest BCUT2D eigenvalue weighted by Crippen LogP contribution is 2.29. The van der Waals surface area contributed by atoms with Crippen LogP contribution in [0.4, 0.5) is 11.4 Å². The van der Waals surface area contributed by atoms with Gasteiger partial charge in [0.25, 0.3) is 0 Å². The molecule has 7 heteroatoms. The first-order valence-corrected chi connectivity index (χ1v) is 10.7. The molecule has 0 amide bonds. The Morgan fingerprint density at radius 2 is 1.54 bits per heavy atom. The number of anilines is 2. The molecule has 0 saturated heterocycles. The molecule has 2 N–H and O–H groups in total. The minimum Gasteiger partial charge on any atom is -0.495 e. The average Bonchev–Trinajstić information content (AvgIpc) is 2.64. The number of nitrogens with two attached hydrogens (primary N) is 1. The Balaban J connectivity index is 0.000000488. The van der Waals surface area contributed by atoms with Crippen LogP contribution in [0.5, 0.6) is 5.75 Å². The fourth-order valence-electron chi connectivity index (χ4n) is 2.16. The van der Waals surface area contributed by atoms with Gasteiger partial charge in [0.2, 0.25) is 0 Å². The smallest absolute Gasteiger partial charge is 0.319 e. The highest BCUT2D eigenvalue weighted by Gasteiger charge is 2.08. The molecule has 0 unspecified atom stereocenters. The van der Waals surface area contributed by atoms with Crippen LogP contribution in [0.15, 0.2) is 18.2 Å². The number of nitrogen functional groups attached to an aromatic ring is 1. The van der Waals surface area contributed by atoms with Crippen molar-refractivity contribution in [3.05, 3.63) is 18.2 Å². The molecule has 0 heterocycles. The van der Waals surface area contributed by atoms with E-state index in [9.17, 15) is 4.57 Å². The van der Waals surface area contributed by atoms with Crippen LogP contribution < -0.4 is 15.4 Å². The third-order valence-corrected chi connectivity index (χ3v) is 4.62. The zero-order valence-corrected chi connectivity index (χ0v) is 18.0. The monoisotopic (exact) mass is 388 g/mol. The number of methoxy groups -OCH3 is 1. The normalized spacial score (nSPS) is 10.4. The van der Waals surface area contributed by atoms with Gasteiger partial charge in [-0.15, -0.1) is 0 Å². The molecule has 0 fully saturated rings. The van der Waals surface area contributed by atoms with E-state index in [4.69, 9.17) is 19.5 Å². The lowest BCUT2D eigenvalue weighted by Crippen LogP contribution is -2.22. The van der Waals surface area contributed by atoms with E-state index < -0.39 is 8.25 Å². The van der Waals surface area contributed by atoms with E-state index in [-0.39, 0.29) is 0 Å². The molecule has 0 saturated carbocycles. The number of rotatable bonds is 12. The van der Waals surface area contributed by atoms with Crippen LogP contribution in [-0.2, 0) is 13.6 Å². The number of hydrogen-bond acceptors (Lipinski definition) is 6. The maximum atomic E-state index is 10.9. The van der Waals surface area contributed by atoms with Gasteiger partial charge in [-0.2, -0.15) is 0 Å². The third-order valence-electron chi connectivity index (χ3n) is 3.74. The molecule has 6 nitrogen and oxygen atoms in total. The number of unbranched alkanes of at least 4 members (excludes halogenated alkanes) is 2. The zero-order valence-electron chi connectivity index (χ0n) is 17.0. The second-order valence-corrected chi connectivity index (χ2v) is 6.83. The Bertz CT molecular complexity index is 484. The molecule has 0 aromatic heterocycles. The first-order chi connectivity index (χ1) is 12.5. The lowest BCUT2D eigenvalue weighted by molar-refractivity contribution is 0.221. The summed E-state index contributed by atoms with van der Waals surface area (Å²) in [5.41, 5.74) is 7.59. The summed E-state index contributed by atoms with van der Waals surface area (Å²) >= 11 is 0. The van der Waals surface area contributed by atoms with E-state index in [0.29, 0.717) is 13.2 Å². The van der Waals surface area contributed by atoms with E-state index in [1.54, 1.807) is 7.11 Å². The Kier molecular flexibility index (Phi) is 15.2. The quantitative estimate of drug-likeness (QED) is 0.304. The standard InChI is InChI=1S/C11H18N2O.C8H19O3P/c1-4-13(5-2)10-8-9(12)6-7-11(10)14-3;1-3-5-7-10-12(9)11-8-6-4-2/h6-8H,4-5,12H2,1-3H3;12H,3-8H2,1-2H3. The van der Waals surface area contributed by atoms with Gasteiger partial charge < -0.3 is 24.4 Å². The topological polar surface area (TPSA) is 74.0 Å². The second-order valence-electron chi connectivity index (χ2n) is 5.76. The Hall–Kier alpha value is -1.23. The molecular formula is C19H37N2O4P. The lowest BCUT2D eigenvalue weighted by atomic mass is 10.2. The molecule has 0 aliphatic heterocycles. The molecule has 0 aliphatic rings. The highest BCUT2D eigenvalue weighted by molar-refractivity contribution is 7.33. The van der Waals surface area contributed by atoms with Gasteiger partial charge in [-0.1, -0.05) is 26.7 Å². The van der Waals surface area contributed by atoms with Gasteiger partial charge in [0, 0.05) is 18.8 Å². The molecule has 0 aliphatic carbocycles. The SMILES string of the molecule is CCCCO[PH](=O)OCCCC.CCN(CC)c1cc(N)ccc1OC. The van der Waals surface area contributed by atoms with Crippen molar-refractivity contribution in [2.45, 2.75) is 53.4 Å². The van der Waals surface area contributed by atoms with Crippen LogP contribution in [-0.4, -0.2) is 33.4 Å². The number of nitrogens with zero attached hydrogens (tertiary/aromatic N) is 1. The summed E-state index contributed by atoms with van der Waals surface area (Å²) in [5, 5.41) is 0. The summed E-state index contributed by atoms with van der Waals surface area (Å²) in [6.45, 7) is 11.4. The van der Waals surface area contributed by atoms with E-state index in [1.807, 2.05) is 18.2 Å². The predicted molar refractivity (Wildman–Crippen MR) is 112 cm³/mol. The maximum Gasteiger partial charge on any atom is 0.319 e. The van der Waals surface area contributed by atoms with Gasteiger partial charge in [-0.25, -0.2) is 0 Å². The lowest BCUT2D eigenvalue weighted by Gasteiger charge is -2.23. The molecule has 1 rings (SSSR count). The van der Waals surface area contributed by atoms with Crippen molar-refractivity contribution in [2.75, 3.05) is 44.0 Å². The van der Waals surface area contributed by atoms with E-state index in [2.05, 4.69) is 32.6 Å². The Labute approximate surface area is 159 Å². The largest absolute Gasteiger partial charge is 0.495 e. The third kappa shape index (κ3) is 10.7. The van der Waals surface area contributed by atoms with Crippen LogP contribution in [0.2, 0.25) is 0 Å². The highest BCUT2D eigenvalue weighted by atomic mass is 31.1. The zero-order chi connectivity index (χ0) is 19.8. The van der Waals surface area contributed by atoms with Crippen LogP contribution in [0.3, 0.4) is 0 Å². The minimum absolute atomic E-state index is 0.556. The van der Waals surface area contributed by atoms with Crippen molar-refractivity contribution in [3.63, 3.8) is 0 Å². The van der Waals surface area contributed by atoms with Crippen molar-refractivity contribution in [3.8, 4) is 5.75 Å². The number of hydrogen-bond donors (Lipinski definition) is 1.